The van der Waals surface area contributed by atoms with Gasteiger partial charge in [-0.2, -0.15) is 0 Å². The third-order valence-electron chi connectivity index (χ3n) is 5.25. The molecule has 2 atom stereocenters. The van der Waals surface area contributed by atoms with Crippen molar-refractivity contribution in [1.82, 2.24) is 9.21 Å². The van der Waals surface area contributed by atoms with E-state index < -0.39 is 10.0 Å². The first-order valence-corrected chi connectivity index (χ1v) is 10.4. The van der Waals surface area contributed by atoms with Gasteiger partial charge in [-0.05, 0) is 32.0 Å². The van der Waals surface area contributed by atoms with E-state index in [0.29, 0.717) is 18.3 Å². The molecule has 0 saturated heterocycles. The van der Waals surface area contributed by atoms with E-state index in [9.17, 15) is 8.42 Å². The molecule has 1 aromatic rings. The van der Waals surface area contributed by atoms with Gasteiger partial charge in [0.1, 0.15) is 5.76 Å². The maximum Gasteiger partial charge on any atom is 0.275 e. The van der Waals surface area contributed by atoms with Crippen LogP contribution in [-0.2, 0) is 21.3 Å². The van der Waals surface area contributed by atoms with Crippen LogP contribution in [0.15, 0.2) is 21.6 Å². The lowest BCUT2D eigenvalue weighted by Crippen LogP contribution is -2.61. The Morgan fingerprint density at radius 2 is 1.96 bits per heavy atom. The number of furan rings is 1. The zero-order chi connectivity index (χ0) is 18.8. The SMILES string of the molecule is CCCCO[C@H]1C[C@H](N(C)Cc2ccc(S(=O)(=O)N(C)C)o2)C1(C)C. The summed E-state index contributed by atoms with van der Waals surface area (Å²) in [5.74, 6) is 0.661. The molecular weight excluding hydrogens is 340 g/mol. The first kappa shape index (κ1) is 20.4. The third-order valence-corrected chi connectivity index (χ3v) is 6.94. The fraction of sp³-hybridized carbons (Fsp3) is 0.778. The Morgan fingerprint density at radius 3 is 2.52 bits per heavy atom. The van der Waals surface area contributed by atoms with Gasteiger partial charge in [-0.3, -0.25) is 4.90 Å². The Hall–Kier alpha value is -0.890. The second kappa shape index (κ2) is 7.78. The topological polar surface area (TPSA) is 63.0 Å². The summed E-state index contributed by atoms with van der Waals surface area (Å²) in [7, 11) is 1.53. The molecule has 6 nitrogen and oxygen atoms in total. The van der Waals surface area contributed by atoms with Gasteiger partial charge in [-0.15, -0.1) is 0 Å². The molecule has 0 unspecified atom stereocenters. The molecule has 144 valence electrons. The third kappa shape index (κ3) is 4.27. The highest BCUT2D eigenvalue weighted by atomic mass is 32.2. The summed E-state index contributed by atoms with van der Waals surface area (Å²) >= 11 is 0. The van der Waals surface area contributed by atoms with Crippen molar-refractivity contribution in [2.75, 3.05) is 27.7 Å². The Bertz CT molecular complexity index is 666. The van der Waals surface area contributed by atoms with E-state index >= 15 is 0 Å². The number of nitrogens with zero attached hydrogens (tertiary/aromatic N) is 2. The van der Waals surface area contributed by atoms with Crippen LogP contribution in [0.5, 0.6) is 0 Å². The second-order valence-electron chi connectivity index (χ2n) is 7.71. The summed E-state index contributed by atoms with van der Waals surface area (Å²) in [6.45, 7) is 8.04. The van der Waals surface area contributed by atoms with Crippen LogP contribution in [0.4, 0.5) is 0 Å². The molecule has 2 rings (SSSR count). The lowest BCUT2D eigenvalue weighted by atomic mass is 9.64. The molecule has 1 aliphatic rings. The Balaban J connectivity index is 1.95. The molecule has 1 fully saturated rings. The predicted octanol–water partition coefficient (Wildman–Crippen LogP) is 2.95. The molecular formula is C18H32N2O4S. The normalized spacial score (nSPS) is 23.2. The summed E-state index contributed by atoms with van der Waals surface area (Å²) in [5.41, 5.74) is 0.0770. The van der Waals surface area contributed by atoms with Crippen molar-refractivity contribution in [2.24, 2.45) is 5.41 Å². The summed E-state index contributed by atoms with van der Waals surface area (Å²) in [5, 5.41) is -0.00505. The predicted molar refractivity (Wildman–Crippen MR) is 97.9 cm³/mol. The van der Waals surface area contributed by atoms with Crippen LogP contribution in [0.25, 0.3) is 0 Å². The van der Waals surface area contributed by atoms with E-state index in [1.54, 1.807) is 6.07 Å². The minimum Gasteiger partial charge on any atom is -0.447 e. The summed E-state index contributed by atoms with van der Waals surface area (Å²) < 4.78 is 36.9. The molecule has 0 aliphatic heterocycles. The van der Waals surface area contributed by atoms with Crippen molar-refractivity contribution in [3.8, 4) is 0 Å². The van der Waals surface area contributed by atoms with E-state index in [2.05, 4.69) is 32.7 Å². The van der Waals surface area contributed by atoms with Gasteiger partial charge < -0.3 is 9.15 Å². The first-order chi connectivity index (χ1) is 11.6. The maximum absolute atomic E-state index is 12.1. The molecule has 0 aromatic carbocycles. The first-order valence-electron chi connectivity index (χ1n) is 8.93. The Morgan fingerprint density at radius 1 is 1.28 bits per heavy atom. The van der Waals surface area contributed by atoms with Gasteiger partial charge in [-0.25, -0.2) is 12.7 Å². The lowest BCUT2D eigenvalue weighted by Gasteiger charge is -2.55. The van der Waals surface area contributed by atoms with Gasteiger partial charge in [0.2, 0.25) is 5.09 Å². The lowest BCUT2D eigenvalue weighted by molar-refractivity contribution is -0.150. The van der Waals surface area contributed by atoms with Gasteiger partial charge in [-0.1, -0.05) is 27.2 Å². The largest absolute Gasteiger partial charge is 0.447 e. The minimum absolute atomic E-state index is 0.00505. The number of rotatable bonds is 9. The van der Waals surface area contributed by atoms with Crippen LogP contribution in [0.1, 0.15) is 45.8 Å². The molecule has 0 amide bonds. The molecule has 1 saturated carbocycles. The smallest absolute Gasteiger partial charge is 0.275 e. The van der Waals surface area contributed by atoms with Crippen LogP contribution in [0.2, 0.25) is 0 Å². The van der Waals surface area contributed by atoms with E-state index in [0.717, 1.165) is 30.2 Å². The highest BCUT2D eigenvalue weighted by Gasteiger charge is 2.50. The molecule has 1 aromatic heterocycles. The zero-order valence-corrected chi connectivity index (χ0v) is 17.1. The Labute approximate surface area is 152 Å². The van der Waals surface area contributed by atoms with Crippen LogP contribution in [-0.4, -0.2) is 57.5 Å². The average molecular weight is 373 g/mol. The van der Waals surface area contributed by atoms with Crippen LogP contribution in [0.3, 0.4) is 0 Å². The zero-order valence-electron chi connectivity index (χ0n) is 16.3. The molecule has 7 heteroatoms. The number of unbranched alkanes of at least 4 members (excludes halogenated alkanes) is 1. The molecule has 1 aliphatic carbocycles. The van der Waals surface area contributed by atoms with Crippen molar-refractivity contribution in [3.05, 3.63) is 17.9 Å². The molecule has 0 bridgehead atoms. The van der Waals surface area contributed by atoms with E-state index in [4.69, 9.17) is 9.15 Å². The summed E-state index contributed by atoms with van der Waals surface area (Å²) in [4.78, 5) is 2.23. The number of hydrogen-bond acceptors (Lipinski definition) is 5. The Kier molecular flexibility index (Phi) is 6.35. The van der Waals surface area contributed by atoms with Crippen molar-refractivity contribution >= 4 is 10.0 Å². The van der Waals surface area contributed by atoms with E-state index in [1.165, 1.54) is 20.2 Å². The van der Waals surface area contributed by atoms with Crippen molar-refractivity contribution < 1.29 is 17.6 Å². The fourth-order valence-electron chi connectivity index (χ4n) is 3.38. The highest BCUT2D eigenvalue weighted by molar-refractivity contribution is 7.88. The van der Waals surface area contributed by atoms with Crippen LogP contribution >= 0.6 is 0 Å². The van der Waals surface area contributed by atoms with Crippen LogP contribution < -0.4 is 0 Å². The van der Waals surface area contributed by atoms with Gasteiger partial charge in [0.05, 0.1) is 12.6 Å². The maximum atomic E-state index is 12.1. The monoisotopic (exact) mass is 372 g/mol. The van der Waals surface area contributed by atoms with Crippen molar-refractivity contribution in [1.29, 1.82) is 0 Å². The highest BCUT2D eigenvalue weighted by Crippen LogP contribution is 2.45. The quantitative estimate of drug-likeness (QED) is 0.624. The molecule has 0 spiro atoms. The molecule has 25 heavy (non-hydrogen) atoms. The number of ether oxygens (including phenoxy) is 1. The van der Waals surface area contributed by atoms with Gasteiger partial charge in [0.15, 0.2) is 0 Å². The van der Waals surface area contributed by atoms with Gasteiger partial charge in [0.25, 0.3) is 10.0 Å². The fourth-order valence-corrected chi connectivity index (χ4v) is 4.20. The number of hydrogen-bond donors (Lipinski definition) is 0. The van der Waals surface area contributed by atoms with Crippen molar-refractivity contribution in [2.45, 2.75) is 63.8 Å². The molecule has 0 N–H and O–H groups in total. The van der Waals surface area contributed by atoms with Crippen molar-refractivity contribution in [3.63, 3.8) is 0 Å². The minimum atomic E-state index is -3.52. The summed E-state index contributed by atoms with van der Waals surface area (Å²) in [6, 6.07) is 3.66. The average Bonchev–Trinajstić information content (AvgIpc) is 2.98. The standard InChI is InChI=1S/C18H32N2O4S/c1-7-8-11-23-16-12-15(18(16,2)3)20(6)13-14-9-10-17(24-14)25(21,22)19(4)5/h9-10,15-16H,7-8,11-13H2,1-6H3/t15-,16-/m0/s1. The van der Waals surface area contributed by atoms with Crippen LogP contribution in [0, 0.1) is 5.41 Å². The number of sulfonamides is 1. The molecule has 0 radical (unpaired) electrons. The van der Waals surface area contributed by atoms with E-state index in [-0.39, 0.29) is 16.6 Å². The summed E-state index contributed by atoms with van der Waals surface area (Å²) in [6.07, 6.45) is 3.53. The second-order valence-corrected chi connectivity index (χ2v) is 9.79. The van der Waals surface area contributed by atoms with E-state index in [1.807, 2.05) is 0 Å². The van der Waals surface area contributed by atoms with Gasteiger partial charge in [0, 0.05) is 32.2 Å². The van der Waals surface area contributed by atoms with Gasteiger partial charge >= 0.3 is 0 Å². The molecule has 1 heterocycles.